The van der Waals surface area contributed by atoms with E-state index in [1.807, 2.05) is 32.0 Å². The Morgan fingerprint density at radius 1 is 1.18 bits per heavy atom. The second-order valence-electron chi connectivity index (χ2n) is 5.77. The zero-order valence-corrected chi connectivity index (χ0v) is 13.9. The fourth-order valence-corrected chi connectivity index (χ4v) is 3.45. The molecule has 1 aromatic heterocycles. The molecular weight excluding hydrogens is 292 g/mol. The van der Waals surface area contributed by atoms with Gasteiger partial charge in [-0.05, 0) is 48.6 Å². The van der Waals surface area contributed by atoms with Gasteiger partial charge in [-0.3, -0.25) is 0 Å². The summed E-state index contributed by atoms with van der Waals surface area (Å²) in [6, 6.07) is 12.3. The van der Waals surface area contributed by atoms with Crippen molar-refractivity contribution in [2.75, 3.05) is 11.9 Å². The number of aryl methyl sites for hydroxylation is 2. The first kappa shape index (κ1) is 14.9. The number of phenols is 1. The Balaban J connectivity index is 1.73. The van der Waals surface area contributed by atoms with E-state index in [4.69, 9.17) is 0 Å². The lowest BCUT2D eigenvalue weighted by Crippen LogP contribution is -2.10. The third kappa shape index (κ3) is 2.92. The van der Waals surface area contributed by atoms with Crippen molar-refractivity contribution in [3.63, 3.8) is 0 Å². The molecule has 0 bridgehead atoms. The largest absolute Gasteiger partial charge is 0.507 e. The first-order valence-electron chi connectivity index (χ1n) is 7.44. The molecule has 4 heteroatoms. The third-order valence-electron chi connectivity index (χ3n) is 3.94. The van der Waals surface area contributed by atoms with Crippen molar-refractivity contribution in [2.24, 2.45) is 0 Å². The number of benzene rings is 2. The summed E-state index contributed by atoms with van der Waals surface area (Å²) < 4.78 is 1.20. The van der Waals surface area contributed by atoms with Gasteiger partial charge < -0.3 is 10.4 Å². The molecule has 3 nitrogen and oxygen atoms in total. The van der Waals surface area contributed by atoms with Crippen LogP contribution in [0.5, 0.6) is 5.75 Å². The number of aromatic nitrogens is 1. The van der Waals surface area contributed by atoms with E-state index in [9.17, 15) is 5.11 Å². The number of nitrogens with zero attached hydrogens (tertiary/aromatic N) is 1. The Bertz CT molecular complexity index is 754. The molecule has 3 rings (SSSR count). The summed E-state index contributed by atoms with van der Waals surface area (Å²) in [4.78, 5) is 4.59. The molecule has 0 spiro atoms. The van der Waals surface area contributed by atoms with Crippen LogP contribution in [-0.2, 0) is 0 Å². The predicted molar refractivity (Wildman–Crippen MR) is 94.1 cm³/mol. The highest BCUT2D eigenvalue weighted by Crippen LogP contribution is 2.29. The van der Waals surface area contributed by atoms with Gasteiger partial charge >= 0.3 is 0 Å². The maximum atomic E-state index is 9.88. The van der Waals surface area contributed by atoms with Crippen molar-refractivity contribution in [3.8, 4) is 5.75 Å². The Morgan fingerprint density at radius 2 is 1.86 bits per heavy atom. The second-order valence-corrected chi connectivity index (χ2v) is 6.80. The van der Waals surface area contributed by atoms with Crippen molar-refractivity contribution in [1.82, 2.24) is 4.98 Å². The molecule has 1 heterocycles. The number of hydrogen-bond donors (Lipinski definition) is 2. The smallest absolute Gasteiger partial charge is 0.183 e. The second kappa shape index (κ2) is 5.97. The summed E-state index contributed by atoms with van der Waals surface area (Å²) in [5.74, 6) is 0.750. The molecular formula is C18H20N2OS. The fraction of sp³-hybridized carbons (Fsp3) is 0.278. The third-order valence-corrected chi connectivity index (χ3v) is 4.93. The van der Waals surface area contributed by atoms with Crippen LogP contribution < -0.4 is 5.32 Å². The molecule has 0 fully saturated rings. The summed E-state index contributed by atoms with van der Waals surface area (Å²) in [5.41, 5.74) is 4.14. The van der Waals surface area contributed by atoms with E-state index >= 15 is 0 Å². The van der Waals surface area contributed by atoms with Crippen LogP contribution in [0.1, 0.15) is 29.5 Å². The van der Waals surface area contributed by atoms with Gasteiger partial charge in [0.15, 0.2) is 5.13 Å². The van der Waals surface area contributed by atoms with E-state index in [0.717, 1.165) is 28.3 Å². The molecule has 3 aromatic rings. The SMILES string of the molecule is Cc1cc(C(C)CNc2nc3ccccc3s2)cc(C)c1O. The van der Waals surface area contributed by atoms with Crippen LogP contribution in [-0.4, -0.2) is 16.6 Å². The fourth-order valence-electron chi connectivity index (χ4n) is 2.58. The van der Waals surface area contributed by atoms with E-state index in [0.29, 0.717) is 11.7 Å². The normalized spacial score (nSPS) is 12.5. The molecule has 0 aliphatic rings. The van der Waals surface area contributed by atoms with Crippen LogP contribution in [0.15, 0.2) is 36.4 Å². The maximum absolute atomic E-state index is 9.88. The Kier molecular flexibility index (Phi) is 4.03. The zero-order valence-electron chi connectivity index (χ0n) is 13.1. The molecule has 0 saturated heterocycles. The minimum Gasteiger partial charge on any atom is -0.507 e. The van der Waals surface area contributed by atoms with Gasteiger partial charge in [-0.2, -0.15) is 0 Å². The van der Waals surface area contributed by atoms with Crippen molar-refractivity contribution in [3.05, 3.63) is 53.1 Å². The number of rotatable bonds is 4. The summed E-state index contributed by atoms with van der Waals surface area (Å²) in [6.07, 6.45) is 0. The Hall–Kier alpha value is -2.07. The van der Waals surface area contributed by atoms with Crippen molar-refractivity contribution < 1.29 is 5.11 Å². The first-order valence-corrected chi connectivity index (χ1v) is 8.26. The predicted octanol–water partition coefficient (Wildman–Crippen LogP) is 4.83. The molecule has 0 aliphatic heterocycles. The highest BCUT2D eigenvalue weighted by molar-refractivity contribution is 7.22. The molecule has 1 atom stereocenters. The van der Waals surface area contributed by atoms with Gasteiger partial charge in [0.25, 0.3) is 0 Å². The lowest BCUT2D eigenvalue weighted by Gasteiger charge is -2.15. The van der Waals surface area contributed by atoms with Gasteiger partial charge in [0.1, 0.15) is 5.75 Å². The van der Waals surface area contributed by atoms with E-state index < -0.39 is 0 Å². The topological polar surface area (TPSA) is 45.2 Å². The summed E-state index contributed by atoms with van der Waals surface area (Å²) in [6.45, 7) is 6.90. The number of phenolic OH excluding ortho intramolecular Hbond substituents is 1. The molecule has 2 aromatic carbocycles. The van der Waals surface area contributed by atoms with E-state index in [1.54, 1.807) is 11.3 Å². The van der Waals surface area contributed by atoms with Gasteiger partial charge in [0.05, 0.1) is 10.2 Å². The highest BCUT2D eigenvalue weighted by atomic mass is 32.1. The summed E-state index contributed by atoms with van der Waals surface area (Å²) in [5, 5.41) is 14.3. The molecule has 2 N–H and O–H groups in total. The van der Waals surface area contributed by atoms with Gasteiger partial charge in [-0.15, -0.1) is 0 Å². The molecule has 0 amide bonds. The average Bonchev–Trinajstić information content (AvgIpc) is 2.92. The lowest BCUT2D eigenvalue weighted by atomic mass is 9.96. The molecule has 22 heavy (non-hydrogen) atoms. The Morgan fingerprint density at radius 3 is 2.55 bits per heavy atom. The average molecular weight is 312 g/mol. The number of thiazole rings is 1. The summed E-state index contributed by atoms with van der Waals surface area (Å²) >= 11 is 1.68. The van der Waals surface area contributed by atoms with Gasteiger partial charge in [-0.1, -0.05) is 42.5 Å². The summed E-state index contributed by atoms with van der Waals surface area (Å²) in [7, 11) is 0. The minimum absolute atomic E-state index is 0.352. The van der Waals surface area contributed by atoms with Crippen LogP contribution in [0.3, 0.4) is 0 Å². The van der Waals surface area contributed by atoms with Crippen molar-refractivity contribution in [2.45, 2.75) is 26.7 Å². The first-order chi connectivity index (χ1) is 10.5. The van der Waals surface area contributed by atoms with E-state index in [2.05, 4.69) is 35.4 Å². The van der Waals surface area contributed by atoms with Gasteiger partial charge in [-0.25, -0.2) is 4.98 Å². The van der Waals surface area contributed by atoms with Crippen LogP contribution in [0.2, 0.25) is 0 Å². The Labute approximate surface area is 134 Å². The van der Waals surface area contributed by atoms with Gasteiger partial charge in [0.2, 0.25) is 0 Å². The molecule has 114 valence electrons. The number of nitrogens with one attached hydrogen (secondary N) is 1. The van der Waals surface area contributed by atoms with Gasteiger partial charge in [0, 0.05) is 6.54 Å². The zero-order chi connectivity index (χ0) is 15.7. The maximum Gasteiger partial charge on any atom is 0.183 e. The van der Waals surface area contributed by atoms with Crippen molar-refractivity contribution in [1.29, 1.82) is 0 Å². The lowest BCUT2D eigenvalue weighted by molar-refractivity contribution is 0.466. The van der Waals surface area contributed by atoms with Crippen LogP contribution in [0, 0.1) is 13.8 Å². The minimum atomic E-state index is 0.352. The molecule has 1 unspecified atom stereocenters. The quantitative estimate of drug-likeness (QED) is 0.725. The number of para-hydroxylation sites is 1. The number of fused-ring (bicyclic) bond motifs is 1. The van der Waals surface area contributed by atoms with Crippen LogP contribution in [0.25, 0.3) is 10.2 Å². The number of aromatic hydroxyl groups is 1. The highest BCUT2D eigenvalue weighted by Gasteiger charge is 2.11. The standard InChI is InChI=1S/C18H20N2OS/c1-11-8-14(9-12(2)17(11)21)13(3)10-19-18-20-15-6-4-5-7-16(15)22-18/h4-9,13,21H,10H2,1-3H3,(H,19,20). The number of hydrogen-bond acceptors (Lipinski definition) is 4. The monoisotopic (exact) mass is 312 g/mol. The molecule has 0 aliphatic carbocycles. The van der Waals surface area contributed by atoms with Crippen LogP contribution >= 0.6 is 11.3 Å². The van der Waals surface area contributed by atoms with E-state index in [1.165, 1.54) is 10.3 Å². The van der Waals surface area contributed by atoms with Crippen molar-refractivity contribution >= 4 is 26.7 Å². The van der Waals surface area contributed by atoms with Crippen LogP contribution in [0.4, 0.5) is 5.13 Å². The molecule has 0 saturated carbocycles. The molecule has 0 radical (unpaired) electrons. The number of anilines is 1. The van der Waals surface area contributed by atoms with E-state index in [-0.39, 0.29) is 0 Å².